The zero-order valence-corrected chi connectivity index (χ0v) is 23.8. The Hall–Kier alpha value is -2.65. The summed E-state index contributed by atoms with van der Waals surface area (Å²) in [6, 6.07) is 14.5. The molecule has 39 heavy (non-hydrogen) atoms. The van der Waals surface area contributed by atoms with E-state index in [-0.39, 0.29) is 34.4 Å². The number of ether oxygens (including phenoxy) is 1. The number of piperidine rings is 2. The van der Waals surface area contributed by atoms with Gasteiger partial charge in [-0.05, 0) is 89.4 Å². The first-order chi connectivity index (χ1) is 18.8. The minimum atomic E-state index is -1.41. The minimum Gasteiger partial charge on any atom is -0.490 e. The third-order valence-electron chi connectivity index (χ3n) is 7.96. The van der Waals surface area contributed by atoms with Crippen molar-refractivity contribution >= 4 is 56.6 Å². The number of benzene rings is 3. The van der Waals surface area contributed by atoms with Crippen molar-refractivity contribution in [2.45, 2.75) is 42.7 Å². The Morgan fingerprint density at radius 1 is 1.00 bits per heavy atom. The van der Waals surface area contributed by atoms with E-state index < -0.39 is 23.2 Å². The van der Waals surface area contributed by atoms with Crippen LogP contribution in [0.2, 0.25) is 10.0 Å². The fourth-order valence-corrected chi connectivity index (χ4v) is 6.98. The predicted molar refractivity (Wildman–Crippen MR) is 152 cm³/mol. The van der Waals surface area contributed by atoms with Crippen molar-refractivity contribution in [1.82, 2.24) is 10.6 Å². The number of hydrogen-bond donors (Lipinski definition) is 3. The fraction of sp³-hybridized carbons (Fsp3) is 0.310. The van der Waals surface area contributed by atoms with E-state index in [0.29, 0.717) is 32.6 Å². The SMILES string of the molecule is O=C1C[C@@H](c2cccc(Cl)c2)[C@]2(C(=O)Nc3cc(Cl)ccc32)[C@H](c2c(OC3CCNCC3)ccc(Br)c2F)N1. The minimum absolute atomic E-state index is 0.00638. The summed E-state index contributed by atoms with van der Waals surface area (Å²) in [5, 5.41) is 10.2. The topological polar surface area (TPSA) is 79.5 Å². The lowest BCUT2D eigenvalue weighted by Crippen LogP contribution is -2.57. The molecule has 202 valence electrons. The van der Waals surface area contributed by atoms with Crippen LogP contribution in [-0.4, -0.2) is 31.0 Å². The van der Waals surface area contributed by atoms with Crippen LogP contribution in [0, 0.1) is 5.82 Å². The summed E-state index contributed by atoms with van der Waals surface area (Å²) in [6.07, 6.45) is 1.39. The van der Waals surface area contributed by atoms with E-state index in [1.165, 1.54) is 0 Å². The zero-order chi connectivity index (χ0) is 27.3. The highest BCUT2D eigenvalue weighted by molar-refractivity contribution is 9.10. The Morgan fingerprint density at radius 3 is 2.54 bits per heavy atom. The molecule has 1 spiro atoms. The lowest BCUT2D eigenvalue weighted by atomic mass is 9.59. The number of halogens is 4. The molecule has 3 aromatic carbocycles. The average Bonchev–Trinajstić information content (AvgIpc) is 3.19. The van der Waals surface area contributed by atoms with E-state index in [2.05, 4.69) is 31.9 Å². The van der Waals surface area contributed by atoms with Crippen molar-refractivity contribution in [2.24, 2.45) is 0 Å². The lowest BCUT2D eigenvalue weighted by Gasteiger charge is -2.46. The van der Waals surface area contributed by atoms with Gasteiger partial charge in [-0.1, -0.05) is 41.4 Å². The molecule has 0 unspecified atom stereocenters. The van der Waals surface area contributed by atoms with Crippen LogP contribution < -0.4 is 20.7 Å². The van der Waals surface area contributed by atoms with Gasteiger partial charge in [-0.15, -0.1) is 0 Å². The number of hydrogen-bond acceptors (Lipinski definition) is 4. The quantitative estimate of drug-likeness (QED) is 0.317. The molecule has 3 atom stereocenters. The molecular formula is C29H25BrCl2FN3O3. The summed E-state index contributed by atoms with van der Waals surface area (Å²) < 4.78 is 22.9. The summed E-state index contributed by atoms with van der Waals surface area (Å²) in [5.74, 6) is -1.61. The molecule has 6 nitrogen and oxygen atoms in total. The van der Waals surface area contributed by atoms with Crippen LogP contribution in [-0.2, 0) is 15.0 Å². The number of fused-ring (bicyclic) bond motifs is 2. The van der Waals surface area contributed by atoms with Gasteiger partial charge in [-0.25, -0.2) is 4.39 Å². The second-order valence-electron chi connectivity index (χ2n) is 10.2. The van der Waals surface area contributed by atoms with Crippen molar-refractivity contribution in [3.63, 3.8) is 0 Å². The standard InChI is InChI=1S/C29H25BrCl2FN3O3/c30-21-6-7-23(39-18-8-10-34-11-9-18)25(26(21)33)27-29(19-5-4-17(32)13-22(19)35-28(29)38)20(14-24(37)36-27)15-2-1-3-16(31)12-15/h1-7,12-13,18,20,27,34H,8-11,14H2,(H,35,38)(H,36,37)/t20-,27-,29-/m0/s1. The summed E-state index contributed by atoms with van der Waals surface area (Å²) in [4.78, 5) is 27.6. The van der Waals surface area contributed by atoms with Crippen LogP contribution in [0.25, 0.3) is 0 Å². The number of rotatable bonds is 4. The van der Waals surface area contributed by atoms with Gasteiger partial charge < -0.3 is 20.7 Å². The number of amides is 2. The molecule has 6 rings (SSSR count). The molecular weight excluding hydrogens is 608 g/mol. The zero-order valence-electron chi connectivity index (χ0n) is 20.7. The van der Waals surface area contributed by atoms with Crippen molar-refractivity contribution in [2.75, 3.05) is 18.4 Å². The van der Waals surface area contributed by atoms with E-state index in [1.807, 2.05) is 6.07 Å². The lowest BCUT2D eigenvalue weighted by molar-refractivity contribution is -0.131. The third-order valence-corrected chi connectivity index (χ3v) is 9.05. The van der Waals surface area contributed by atoms with Gasteiger partial charge in [0, 0.05) is 28.1 Å². The highest BCUT2D eigenvalue weighted by Gasteiger charge is 2.62. The van der Waals surface area contributed by atoms with Crippen LogP contribution in [0.15, 0.2) is 59.1 Å². The first kappa shape index (κ1) is 26.6. The summed E-state index contributed by atoms with van der Waals surface area (Å²) in [6.45, 7) is 1.58. The molecule has 3 heterocycles. The highest BCUT2D eigenvalue weighted by atomic mass is 79.9. The Bertz CT molecular complexity index is 1480. The second kappa shape index (κ2) is 10.4. The molecule has 0 radical (unpaired) electrons. The number of anilines is 1. The first-order valence-electron chi connectivity index (χ1n) is 12.8. The molecule has 2 fully saturated rings. The van der Waals surface area contributed by atoms with E-state index in [9.17, 15) is 9.59 Å². The molecule has 0 aliphatic carbocycles. The monoisotopic (exact) mass is 631 g/mol. The molecule has 3 aliphatic rings. The second-order valence-corrected chi connectivity index (χ2v) is 11.9. The van der Waals surface area contributed by atoms with Crippen LogP contribution in [0.1, 0.15) is 47.9 Å². The van der Waals surface area contributed by atoms with E-state index >= 15 is 4.39 Å². The molecule has 2 amide bonds. The van der Waals surface area contributed by atoms with Crippen molar-refractivity contribution < 1.29 is 18.7 Å². The van der Waals surface area contributed by atoms with E-state index in [1.54, 1.807) is 48.5 Å². The van der Waals surface area contributed by atoms with Gasteiger partial charge in [0.2, 0.25) is 11.8 Å². The molecule has 0 aromatic heterocycles. The average molecular weight is 633 g/mol. The van der Waals surface area contributed by atoms with Gasteiger partial charge in [0.1, 0.15) is 23.1 Å². The van der Waals surface area contributed by atoms with Gasteiger partial charge in [0.15, 0.2) is 0 Å². The van der Waals surface area contributed by atoms with E-state index in [4.69, 9.17) is 27.9 Å². The Kier molecular flexibility index (Phi) is 7.08. The predicted octanol–water partition coefficient (Wildman–Crippen LogP) is 6.26. The van der Waals surface area contributed by atoms with Gasteiger partial charge in [-0.2, -0.15) is 0 Å². The normalized spacial score (nSPS) is 24.8. The summed E-state index contributed by atoms with van der Waals surface area (Å²) in [7, 11) is 0. The molecule has 0 saturated carbocycles. The maximum absolute atomic E-state index is 16.3. The Balaban J connectivity index is 1.60. The summed E-state index contributed by atoms with van der Waals surface area (Å²) in [5.41, 5.74) is 0.570. The number of carbonyl (C=O) groups is 2. The van der Waals surface area contributed by atoms with Crippen molar-refractivity contribution in [3.8, 4) is 5.75 Å². The van der Waals surface area contributed by atoms with Gasteiger partial charge in [-0.3, -0.25) is 9.59 Å². The molecule has 3 aliphatic heterocycles. The molecule has 2 saturated heterocycles. The number of nitrogens with one attached hydrogen (secondary N) is 3. The smallest absolute Gasteiger partial charge is 0.238 e. The van der Waals surface area contributed by atoms with Crippen molar-refractivity contribution in [1.29, 1.82) is 0 Å². The van der Waals surface area contributed by atoms with Gasteiger partial charge in [0.05, 0.1) is 16.1 Å². The van der Waals surface area contributed by atoms with E-state index in [0.717, 1.165) is 25.9 Å². The van der Waals surface area contributed by atoms with Crippen LogP contribution >= 0.6 is 39.1 Å². The van der Waals surface area contributed by atoms with Gasteiger partial charge in [0.25, 0.3) is 0 Å². The maximum atomic E-state index is 16.3. The first-order valence-corrected chi connectivity index (χ1v) is 14.4. The summed E-state index contributed by atoms with van der Waals surface area (Å²) >= 11 is 16.0. The van der Waals surface area contributed by atoms with Gasteiger partial charge >= 0.3 is 0 Å². The third kappa shape index (κ3) is 4.51. The molecule has 0 bridgehead atoms. The fourth-order valence-electron chi connectivity index (χ4n) is 6.26. The Labute approximate surface area is 243 Å². The largest absolute Gasteiger partial charge is 0.490 e. The number of carbonyl (C=O) groups excluding carboxylic acids is 2. The Morgan fingerprint density at radius 2 is 1.77 bits per heavy atom. The van der Waals surface area contributed by atoms with Crippen LogP contribution in [0.3, 0.4) is 0 Å². The highest BCUT2D eigenvalue weighted by Crippen LogP contribution is 2.59. The maximum Gasteiger partial charge on any atom is 0.238 e. The van der Waals surface area contributed by atoms with Crippen molar-refractivity contribution in [3.05, 3.63) is 91.6 Å². The molecule has 10 heteroatoms. The molecule has 3 aromatic rings. The van der Waals surface area contributed by atoms with Crippen LogP contribution in [0.5, 0.6) is 5.75 Å². The molecule has 3 N–H and O–H groups in total. The van der Waals surface area contributed by atoms with Crippen LogP contribution in [0.4, 0.5) is 10.1 Å².